The first kappa shape index (κ1) is 25.1. The first-order chi connectivity index (χ1) is 16.7. The number of anilines is 1. The molecule has 0 aromatic heterocycles. The van der Waals surface area contributed by atoms with E-state index in [0.717, 1.165) is 5.56 Å². The van der Waals surface area contributed by atoms with Gasteiger partial charge in [0.2, 0.25) is 0 Å². The van der Waals surface area contributed by atoms with Crippen LogP contribution in [0.3, 0.4) is 0 Å². The second kappa shape index (κ2) is 10.3. The van der Waals surface area contributed by atoms with Crippen LogP contribution in [0.15, 0.2) is 76.6 Å². The number of sulfonamides is 1. The standard InChI is InChI=1S/C25H24ClN3O4S2/c1-17-22(26)8-5-9-23(17)27-25-29(14-15-34-25)24(30)18-6-4-7-21(16-18)35(31,32)28(2)19-10-12-20(33-3)13-11-19/h4-13,16H,14-15H2,1-3H3. The van der Waals surface area contributed by atoms with Crippen molar-refractivity contribution >= 4 is 55.8 Å². The Bertz CT molecular complexity index is 1390. The highest BCUT2D eigenvalue weighted by Gasteiger charge is 2.29. The van der Waals surface area contributed by atoms with Gasteiger partial charge >= 0.3 is 0 Å². The highest BCUT2D eigenvalue weighted by Crippen LogP contribution is 2.30. The first-order valence-electron chi connectivity index (χ1n) is 10.7. The maximum absolute atomic E-state index is 13.4. The van der Waals surface area contributed by atoms with Crippen LogP contribution in [0.5, 0.6) is 5.75 Å². The third-order valence-electron chi connectivity index (χ3n) is 5.65. The Hall–Kier alpha value is -3.01. The summed E-state index contributed by atoms with van der Waals surface area (Å²) in [5.74, 6) is 1.01. The van der Waals surface area contributed by atoms with Gasteiger partial charge in [0.1, 0.15) is 5.75 Å². The van der Waals surface area contributed by atoms with Crippen molar-refractivity contribution in [2.45, 2.75) is 11.8 Å². The van der Waals surface area contributed by atoms with Gasteiger partial charge in [0, 0.05) is 29.9 Å². The summed E-state index contributed by atoms with van der Waals surface area (Å²) in [6.45, 7) is 2.35. The average Bonchev–Trinajstić information content (AvgIpc) is 3.34. The summed E-state index contributed by atoms with van der Waals surface area (Å²) < 4.78 is 32.9. The molecule has 182 valence electrons. The third-order valence-corrected chi connectivity index (χ3v) is 8.80. The van der Waals surface area contributed by atoms with Gasteiger partial charge in [-0.15, -0.1) is 0 Å². The topological polar surface area (TPSA) is 79.3 Å². The third kappa shape index (κ3) is 5.17. The van der Waals surface area contributed by atoms with E-state index < -0.39 is 10.0 Å². The number of carbonyl (C=O) groups is 1. The van der Waals surface area contributed by atoms with Gasteiger partial charge in [-0.2, -0.15) is 0 Å². The molecule has 1 aliphatic rings. The van der Waals surface area contributed by atoms with Crippen molar-refractivity contribution in [2.75, 3.05) is 30.8 Å². The zero-order valence-electron chi connectivity index (χ0n) is 19.4. The smallest absolute Gasteiger partial charge is 0.264 e. The number of rotatable bonds is 6. The summed E-state index contributed by atoms with van der Waals surface area (Å²) in [6.07, 6.45) is 0. The van der Waals surface area contributed by atoms with Crippen LogP contribution in [0.4, 0.5) is 11.4 Å². The van der Waals surface area contributed by atoms with E-state index in [1.54, 1.807) is 54.5 Å². The zero-order chi connectivity index (χ0) is 25.2. The number of halogens is 1. The van der Waals surface area contributed by atoms with Crippen molar-refractivity contribution in [1.82, 2.24) is 4.90 Å². The maximum atomic E-state index is 13.4. The number of benzene rings is 3. The number of thioether (sulfide) groups is 1. The predicted molar refractivity (Wildman–Crippen MR) is 142 cm³/mol. The number of carbonyl (C=O) groups excluding carboxylic acids is 1. The lowest BCUT2D eigenvalue weighted by atomic mass is 10.2. The van der Waals surface area contributed by atoms with Crippen molar-refractivity contribution in [3.8, 4) is 5.75 Å². The molecular formula is C25H24ClN3O4S2. The molecule has 0 bridgehead atoms. The van der Waals surface area contributed by atoms with E-state index in [-0.39, 0.29) is 16.4 Å². The summed E-state index contributed by atoms with van der Waals surface area (Å²) >= 11 is 7.69. The van der Waals surface area contributed by atoms with Crippen LogP contribution in [0.25, 0.3) is 0 Å². The minimum atomic E-state index is -3.89. The summed E-state index contributed by atoms with van der Waals surface area (Å²) in [6, 6.07) is 18.2. The second-order valence-electron chi connectivity index (χ2n) is 7.78. The van der Waals surface area contributed by atoms with E-state index in [4.69, 9.17) is 16.3 Å². The summed E-state index contributed by atoms with van der Waals surface area (Å²) in [5.41, 5.74) is 2.27. The number of hydrogen-bond donors (Lipinski definition) is 0. The van der Waals surface area contributed by atoms with Gasteiger partial charge < -0.3 is 4.74 Å². The van der Waals surface area contributed by atoms with Crippen LogP contribution >= 0.6 is 23.4 Å². The quantitative estimate of drug-likeness (QED) is 0.429. The molecule has 10 heteroatoms. The fourth-order valence-corrected chi connectivity index (χ4v) is 5.90. The normalized spacial score (nSPS) is 14.9. The number of aliphatic imine (C=N–C) groups is 1. The molecule has 1 heterocycles. The molecule has 0 atom stereocenters. The zero-order valence-corrected chi connectivity index (χ0v) is 21.8. The molecule has 0 N–H and O–H groups in total. The molecule has 4 rings (SSSR count). The lowest BCUT2D eigenvalue weighted by Gasteiger charge is -2.21. The van der Waals surface area contributed by atoms with Crippen molar-refractivity contribution in [3.05, 3.63) is 82.9 Å². The molecule has 0 radical (unpaired) electrons. The fourth-order valence-electron chi connectivity index (χ4n) is 3.54. The Morgan fingerprint density at radius 2 is 1.83 bits per heavy atom. The molecule has 0 saturated carbocycles. The number of methoxy groups -OCH3 is 1. The number of amides is 1. The highest BCUT2D eigenvalue weighted by molar-refractivity contribution is 8.14. The molecule has 1 saturated heterocycles. The van der Waals surface area contributed by atoms with E-state index in [1.807, 2.05) is 19.1 Å². The Morgan fingerprint density at radius 1 is 1.11 bits per heavy atom. The molecule has 0 unspecified atom stereocenters. The van der Waals surface area contributed by atoms with E-state index in [9.17, 15) is 13.2 Å². The number of amidine groups is 1. The van der Waals surface area contributed by atoms with Crippen molar-refractivity contribution in [2.24, 2.45) is 4.99 Å². The lowest BCUT2D eigenvalue weighted by Crippen LogP contribution is -2.32. The van der Waals surface area contributed by atoms with Gasteiger partial charge in [0.05, 0.1) is 23.4 Å². The fraction of sp³-hybridized carbons (Fsp3) is 0.200. The van der Waals surface area contributed by atoms with Crippen molar-refractivity contribution in [1.29, 1.82) is 0 Å². The van der Waals surface area contributed by atoms with E-state index in [0.29, 0.717) is 39.6 Å². The average molecular weight is 530 g/mol. The SMILES string of the molecule is COc1ccc(N(C)S(=O)(=O)c2cccc(C(=O)N3CCSC3=Nc3cccc(Cl)c3C)c2)cc1. The maximum Gasteiger partial charge on any atom is 0.264 e. The monoisotopic (exact) mass is 529 g/mol. The highest BCUT2D eigenvalue weighted by atomic mass is 35.5. The Kier molecular flexibility index (Phi) is 7.39. The van der Waals surface area contributed by atoms with Crippen LogP contribution in [0.2, 0.25) is 5.02 Å². The van der Waals surface area contributed by atoms with Gasteiger partial charge in [0.25, 0.3) is 15.9 Å². The van der Waals surface area contributed by atoms with Crippen LogP contribution in [0, 0.1) is 6.92 Å². The number of nitrogens with zero attached hydrogens (tertiary/aromatic N) is 3. The van der Waals surface area contributed by atoms with Crippen molar-refractivity contribution < 1.29 is 17.9 Å². The molecule has 1 amide bonds. The van der Waals surface area contributed by atoms with Gasteiger partial charge in [-0.25, -0.2) is 13.4 Å². The molecule has 1 aliphatic heterocycles. The van der Waals surface area contributed by atoms with Gasteiger partial charge in [-0.1, -0.05) is 35.5 Å². The lowest BCUT2D eigenvalue weighted by molar-refractivity contribution is 0.0859. The van der Waals surface area contributed by atoms with Crippen LogP contribution in [-0.4, -0.2) is 50.8 Å². The molecule has 0 spiro atoms. The summed E-state index contributed by atoms with van der Waals surface area (Å²) in [5, 5.41) is 1.16. The van der Waals surface area contributed by atoms with Crippen LogP contribution < -0.4 is 9.04 Å². The number of hydrogen-bond acceptors (Lipinski definition) is 6. The summed E-state index contributed by atoms with van der Waals surface area (Å²) in [7, 11) is -0.874. The summed E-state index contributed by atoms with van der Waals surface area (Å²) in [4.78, 5) is 19.6. The Balaban J connectivity index is 1.61. The molecule has 3 aromatic carbocycles. The van der Waals surface area contributed by atoms with E-state index in [1.165, 1.54) is 35.2 Å². The molecule has 3 aromatic rings. The van der Waals surface area contributed by atoms with Crippen LogP contribution in [-0.2, 0) is 10.0 Å². The van der Waals surface area contributed by atoms with Gasteiger partial charge in [0.15, 0.2) is 5.17 Å². The Morgan fingerprint density at radius 3 is 2.54 bits per heavy atom. The second-order valence-corrected chi connectivity index (χ2v) is 11.2. The minimum absolute atomic E-state index is 0.0256. The Labute approximate surface area is 214 Å². The van der Waals surface area contributed by atoms with E-state index >= 15 is 0 Å². The largest absolute Gasteiger partial charge is 0.497 e. The molecule has 35 heavy (non-hydrogen) atoms. The van der Waals surface area contributed by atoms with Crippen molar-refractivity contribution in [3.63, 3.8) is 0 Å². The van der Waals surface area contributed by atoms with Crippen LogP contribution in [0.1, 0.15) is 15.9 Å². The van der Waals surface area contributed by atoms with Gasteiger partial charge in [-0.3, -0.25) is 14.0 Å². The molecule has 1 fully saturated rings. The molecule has 7 nitrogen and oxygen atoms in total. The van der Waals surface area contributed by atoms with Gasteiger partial charge in [-0.05, 0) is 67.1 Å². The van der Waals surface area contributed by atoms with E-state index in [2.05, 4.69) is 4.99 Å². The first-order valence-corrected chi connectivity index (χ1v) is 13.5. The molecular weight excluding hydrogens is 506 g/mol. The molecule has 0 aliphatic carbocycles. The predicted octanol–water partition coefficient (Wildman–Crippen LogP) is 5.36. The minimum Gasteiger partial charge on any atom is -0.497 e. The number of ether oxygens (including phenoxy) is 1.